The largest absolute Gasteiger partial charge is 0.489 e. The SMILES string of the molecule is CNC(=O)C(=O)c1cccc(Cl)c1COc1cc(C)c(C)cc1C. The fourth-order valence-electron chi connectivity index (χ4n) is 2.39. The minimum atomic E-state index is -0.680. The summed E-state index contributed by atoms with van der Waals surface area (Å²) in [5.41, 5.74) is 4.07. The highest BCUT2D eigenvalue weighted by molar-refractivity contribution is 6.43. The maximum absolute atomic E-state index is 12.2. The molecule has 0 bridgehead atoms. The Hall–Kier alpha value is -2.33. The first kappa shape index (κ1) is 18.0. The first-order chi connectivity index (χ1) is 11.3. The highest BCUT2D eigenvalue weighted by atomic mass is 35.5. The number of amides is 1. The molecule has 0 aliphatic heterocycles. The Kier molecular flexibility index (Phi) is 5.62. The van der Waals surface area contributed by atoms with Crippen LogP contribution in [0, 0.1) is 20.8 Å². The number of hydrogen-bond acceptors (Lipinski definition) is 3. The quantitative estimate of drug-likeness (QED) is 0.663. The van der Waals surface area contributed by atoms with E-state index in [0.717, 1.165) is 16.9 Å². The van der Waals surface area contributed by atoms with Gasteiger partial charge in [-0.1, -0.05) is 29.8 Å². The predicted molar refractivity (Wildman–Crippen MR) is 94.8 cm³/mol. The van der Waals surface area contributed by atoms with Gasteiger partial charge in [-0.2, -0.15) is 0 Å². The van der Waals surface area contributed by atoms with Crippen molar-refractivity contribution in [1.29, 1.82) is 0 Å². The van der Waals surface area contributed by atoms with E-state index in [0.29, 0.717) is 10.6 Å². The Labute approximate surface area is 146 Å². The van der Waals surface area contributed by atoms with E-state index in [1.807, 2.05) is 32.9 Å². The van der Waals surface area contributed by atoms with Gasteiger partial charge in [0.1, 0.15) is 12.4 Å². The summed E-state index contributed by atoms with van der Waals surface area (Å²) in [6.45, 7) is 6.13. The summed E-state index contributed by atoms with van der Waals surface area (Å²) in [6, 6.07) is 8.91. The highest BCUT2D eigenvalue weighted by Gasteiger charge is 2.20. The average Bonchev–Trinajstić information content (AvgIpc) is 2.56. The van der Waals surface area contributed by atoms with E-state index in [2.05, 4.69) is 5.32 Å². The number of halogens is 1. The Balaban J connectivity index is 2.32. The van der Waals surface area contributed by atoms with E-state index in [9.17, 15) is 9.59 Å². The number of ketones is 1. The number of nitrogens with one attached hydrogen (secondary N) is 1. The molecule has 0 radical (unpaired) electrons. The number of benzene rings is 2. The second-order valence-corrected chi connectivity index (χ2v) is 6.07. The van der Waals surface area contributed by atoms with Crippen LogP contribution in [0.3, 0.4) is 0 Å². The lowest BCUT2D eigenvalue weighted by Gasteiger charge is -2.14. The predicted octanol–water partition coefficient (Wildman–Crippen LogP) is 3.77. The first-order valence-electron chi connectivity index (χ1n) is 7.59. The van der Waals surface area contributed by atoms with Gasteiger partial charge in [0.05, 0.1) is 0 Å². The van der Waals surface area contributed by atoms with E-state index in [-0.39, 0.29) is 12.2 Å². The van der Waals surface area contributed by atoms with E-state index >= 15 is 0 Å². The summed E-state index contributed by atoms with van der Waals surface area (Å²) in [4.78, 5) is 23.8. The molecule has 0 heterocycles. The summed E-state index contributed by atoms with van der Waals surface area (Å²) in [5, 5.41) is 2.73. The summed E-state index contributed by atoms with van der Waals surface area (Å²) in [7, 11) is 1.42. The highest BCUT2D eigenvalue weighted by Crippen LogP contribution is 2.26. The van der Waals surface area contributed by atoms with Crippen molar-refractivity contribution in [2.75, 3.05) is 7.05 Å². The molecule has 5 heteroatoms. The molecule has 2 aromatic rings. The normalized spacial score (nSPS) is 10.4. The number of carbonyl (C=O) groups is 2. The van der Waals surface area contributed by atoms with Gasteiger partial charge < -0.3 is 10.1 Å². The first-order valence-corrected chi connectivity index (χ1v) is 7.97. The van der Waals surface area contributed by atoms with Crippen LogP contribution in [0.2, 0.25) is 5.02 Å². The lowest BCUT2D eigenvalue weighted by Crippen LogP contribution is -2.28. The smallest absolute Gasteiger partial charge is 0.292 e. The Bertz CT molecular complexity index is 799. The molecule has 1 amide bonds. The van der Waals surface area contributed by atoms with Crippen molar-refractivity contribution in [1.82, 2.24) is 5.32 Å². The van der Waals surface area contributed by atoms with E-state index in [4.69, 9.17) is 16.3 Å². The summed E-state index contributed by atoms with van der Waals surface area (Å²) in [5.74, 6) is -0.576. The van der Waals surface area contributed by atoms with Gasteiger partial charge in [-0.15, -0.1) is 0 Å². The van der Waals surface area contributed by atoms with Gasteiger partial charge in [0.15, 0.2) is 0 Å². The lowest BCUT2D eigenvalue weighted by atomic mass is 10.0. The molecule has 2 aromatic carbocycles. The molecular formula is C19H20ClNO3. The third-order valence-corrected chi connectivity index (χ3v) is 4.31. The van der Waals surface area contributed by atoms with E-state index < -0.39 is 11.7 Å². The van der Waals surface area contributed by atoms with Crippen LogP contribution in [-0.2, 0) is 11.4 Å². The van der Waals surface area contributed by atoms with Crippen molar-refractivity contribution >= 4 is 23.3 Å². The second kappa shape index (κ2) is 7.49. The molecule has 0 saturated heterocycles. The van der Waals surface area contributed by atoms with Gasteiger partial charge in [-0.25, -0.2) is 0 Å². The summed E-state index contributed by atoms with van der Waals surface area (Å²) < 4.78 is 5.88. The molecule has 0 aliphatic carbocycles. The maximum Gasteiger partial charge on any atom is 0.292 e. The zero-order valence-corrected chi connectivity index (χ0v) is 15.0. The van der Waals surface area contributed by atoms with Crippen molar-refractivity contribution in [3.05, 3.63) is 63.2 Å². The van der Waals surface area contributed by atoms with Crippen LogP contribution in [0.4, 0.5) is 0 Å². The Morgan fingerprint density at radius 2 is 1.75 bits per heavy atom. The number of hydrogen-bond donors (Lipinski definition) is 1. The number of rotatable bonds is 5. The van der Waals surface area contributed by atoms with Crippen molar-refractivity contribution in [2.45, 2.75) is 27.4 Å². The van der Waals surface area contributed by atoms with Gasteiger partial charge in [-0.05, 0) is 49.6 Å². The van der Waals surface area contributed by atoms with Gasteiger partial charge in [0, 0.05) is 23.2 Å². The lowest BCUT2D eigenvalue weighted by molar-refractivity contribution is -0.116. The number of aryl methyl sites for hydroxylation is 3. The summed E-state index contributed by atoms with van der Waals surface area (Å²) >= 11 is 6.22. The van der Waals surface area contributed by atoms with E-state index in [1.165, 1.54) is 12.6 Å². The average molecular weight is 346 g/mol. The monoisotopic (exact) mass is 345 g/mol. The Morgan fingerprint density at radius 3 is 2.42 bits per heavy atom. The number of Topliss-reactive ketones (excluding diaryl/α,β-unsaturated/α-hetero) is 1. The fraction of sp³-hybridized carbons (Fsp3) is 0.263. The topological polar surface area (TPSA) is 55.4 Å². The second-order valence-electron chi connectivity index (χ2n) is 5.66. The molecule has 0 spiro atoms. The molecule has 0 aliphatic rings. The summed E-state index contributed by atoms with van der Waals surface area (Å²) in [6.07, 6.45) is 0. The molecule has 0 atom stereocenters. The van der Waals surface area contributed by atoms with Crippen molar-refractivity contribution in [3.63, 3.8) is 0 Å². The van der Waals surface area contributed by atoms with Gasteiger partial charge in [0.25, 0.3) is 11.7 Å². The number of ether oxygens (including phenoxy) is 1. The molecule has 126 valence electrons. The van der Waals surface area contributed by atoms with Crippen LogP contribution in [0.25, 0.3) is 0 Å². The molecule has 0 aromatic heterocycles. The van der Waals surface area contributed by atoms with Gasteiger partial charge in [-0.3, -0.25) is 9.59 Å². The van der Waals surface area contributed by atoms with Crippen LogP contribution < -0.4 is 10.1 Å². The zero-order valence-electron chi connectivity index (χ0n) is 14.2. The molecule has 0 saturated carbocycles. The van der Waals surface area contributed by atoms with Crippen LogP contribution in [0.1, 0.15) is 32.6 Å². The van der Waals surface area contributed by atoms with Crippen LogP contribution >= 0.6 is 11.6 Å². The Morgan fingerprint density at radius 1 is 1.08 bits per heavy atom. The molecule has 24 heavy (non-hydrogen) atoms. The maximum atomic E-state index is 12.2. The van der Waals surface area contributed by atoms with Crippen LogP contribution in [0.5, 0.6) is 5.75 Å². The molecule has 0 fully saturated rings. The van der Waals surface area contributed by atoms with Crippen LogP contribution in [-0.4, -0.2) is 18.7 Å². The number of carbonyl (C=O) groups excluding carboxylic acids is 2. The third kappa shape index (κ3) is 3.77. The molecule has 1 N–H and O–H groups in total. The van der Waals surface area contributed by atoms with Crippen LogP contribution in [0.15, 0.2) is 30.3 Å². The van der Waals surface area contributed by atoms with E-state index in [1.54, 1.807) is 18.2 Å². The minimum Gasteiger partial charge on any atom is -0.489 e. The van der Waals surface area contributed by atoms with Gasteiger partial charge in [0.2, 0.25) is 0 Å². The van der Waals surface area contributed by atoms with Crippen molar-refractivity contribution in [3.8, 4) is 5.75 Å². The minimum absolute atomic E-state index is 0.112. The number of likely N-dealkylation sites (N-methyl/N-ethyl adjacent to an activating group) is 1. The standard InChI is InChI=1S/C19H20ClNO3/c1-11-8-13(3)17(9-12(11)2)24-10-15-14(6-5-7-16(15)20)18(22)19(23)21-4/h5-9H,10H2,1-4H3,(H,21,23). The third-order valence-electron chi connectivity index (χ3n) is 3.96. The van der Waals surface area contributed by atoms with Crippen molar-refractivity contribution < 1.29 is 14.3 Å². The molecule has 0 unspecified atom stereocenters. The zero-order chi connectivity index (χ0) is 17.9. The molecular weight excluding hydrogens is 326 g/mol. The van der Waals surface area contributed by atoms with Crippen molar-refractivity contribution in [2.24, 2.45) is 0 Å². The molecule has 4 nitrogen and oxygen atoms in total. The molecule has 2 rings (SSSR count). The fourth-order valence-corrected chi connectivity index (χ4v) is 2.62. The van der Waals surface area contributed by atoms with Gasteiger partial charge >= 0.3 is 0 Å².